The maximum Gasteiger partial charge on any atom is 0.157 e. The van der Waals surface area contributed by atoms with Gasteiger partial charge in [-0.2, -0.15) is 9.94 Å². The van der Waals surface area contributed by atoms with E-state index in [2.05, 4.69) is 30.3 Å². The minimum absolute atomic E-state index is 0. The molecular weight excluding hydrogens is 487 g/mol. The molecule has 5 rings (SSSR count). The van der Waals surface area contributed by atoms with Crippen molar-refractivity contribution in [2.24, 2.45) is 0 Å². The van der Waals surface area contributed by atoms with E-state index in [0.29, 0.717) is 31.1 Å². The standard InChI is InChI=1S/C24H27FN8O2.ClH/c1-15-7-24(33-14-28-29-30-33)27-9-20(15)22(34)11-31-5-6-32-12-23(35-13-17(32)10-31)18-3-4-21(25)19(8-26)16(18)2;/h3-4,7,9,14,17,22-23,34H,5-6,10-13H2,1-2H3;1H/t17-,22?,23-;/m0./s1. The molecule has 0 bridgehead atoms. The van der Waals surface area contributed by atoms with Gasteiger partial charge in [0.2, 0.25) is 0 Å². The summed E-state index contributed by atoms with van der Waals surface area (Å²) in [5.41, 5.74) is 3.30. The number of aryl methyl sites for hydroxylation is 1. The van der Waals surface area contributed by atoms with Crippen LogP contribution >= 0.6 is 12.4 Å². The van der Waals surface area contributed by atoms with Gasteiger partial charge in [-0.15, -0.1) is 17.5 Å². The number of morpholine rings is 1. The third kappa shape index (κ3) is 5.09. The lowest BCUT2D eigenvalue weighted by atomic mass is 9.96. The normalized spacial score (nSPS) is 21.3. The molecule has 36 heavy (non-hydrogen) atoms. The summed E-state index contributed by atoms with van der Waals surface area (Å²) in [5, 5.41) is 31.3. The first-order valence-corrected chi connectivity index (χ1v) is 11.6. The topological polar surface area (TPSA) is 116 Å². The maximum atomic E-state index is 13.9. The van der Waals surface area contributed by atoms with E-state index in [0.717, 1.165) is 36.3 Å². The Kier molecular flexibility index (Phi) is 7.92. The number of tetrazole rings is 1. The number of ether oxygens (including phenoxy) is 1. The van der Waals surface area contributed by atoms with Crippen LogP contribution < -0.4 is 0 Å². The predicted octanol–water partition coefficient (Wildman–Crippen LogP) is 1.90. The number of aliphatic hydroxyl groups is 1. The van der Waals surface area contributed by atoms with Gasteiger partial charge in [0.15, 0.2) is 5.82 Å². The van der Waals surface area contributed by atoms with Crippen LogP contribution in [-0.4, -0.2) is 85.5 Å². The molecule has 1 N–H and O–H groups in total. The van der Waals surface area contributed by atoms with Crippen LogP contribution in [0.4, 0.5) is 4.39 Å². The highest BCUT2D eigenvalue weighted by molar-refractivity contribution is 5.85. The Morgan fingerprint density at radius 3 is 2.83 bits per heavy atom. The summed E-state index contributed by atoms with van der Waals surface area (Å²) >= 11 is 0. The molecule has 0 spiro atoms. The number of aromatic nitrogens is 5. The second kappa shape index (κ2) is 10.9. The molecule has 3 aromatic rings. The van der Waals surface area contributed by atoms with E-state index in [4.69, 9.17) is 4.74 Å². The Labute approximate surface area is 214 Å². The molecule has 0 aliphatic carbocycles. The van der Waals surface area contributed by atoms with Crippen LogP contribution in [-0.2, 0) is 4.74 Å². The fourth-order valence-electron chi connectivity index (χ4n) is 5.02. The van der Waals surface area contributed by atoms with E-state index in [1.165, 1.54) is 17.1 Å². The molecule has 0 saturated carbocycles. The van der Waals surface area contributed by atoms with Gasteiger partial charge in [-0.05, 0) is 53.1 Å². The second-order valence-corrected chi connectivity index (χ2v) is 9.15. The molecule has 190 valence electrons. The van der Waals surface area contributed by atoms with E-state index in [1.807, 2.05) is 19.1 Å². The van der Waals surface area contributed by atoms with Gasteiger partial charge in [0.25, 0.3) is 0 Å². The number of hydrogen-bond acceptors (Lipinski definition) is 9. The Bertz CT molecular complexity index is 1250. The average molecular weight is 515 g/mol. The number of nitrogens with zero attached hydrogens (tertiary/aromatic N) is 8. The van der Waals surface area contributed by atoms with Crippen molar-refractivity contribution in [1.82, 2.24) is 35.0 Å². The number of aliphatic hydroxyl groups excluding tert-OH is 1. The van der Waals surface area contributed by atoms with Crippen LogP contribution in [0.15, 0.2) is 30.7 Å². The highest BCUT2D eigenvalue weighted by Crippen LogP contribution is 2.31. The van der Waals surface area contributed by atoms with Crippen molar-refractivity contribution in [1.29, 1.82) is 5.26 Å². The fraction of sp³-hybridized carbons (Fsp3) is 0.458. The van der Waals surface area contributed by atoms with Crippen molar-refractivity contribution in [3.05, 3.63) is 64.4 Å². The molecule has 4 heterocycles. The fourth-order valence-corrected chi connectivity index (χ4v) is 5.02. The molecule has 2 aliphatic heterocycles. The largest absolute Gasteiger partial charge is 0.387 e. The minimum atomic E-state index is -0.666. The van der Waals surface area contributed by atoms with Crippen molar-refractivity contribution in [2.45, 2.75) is 32.1 Å². The number of nitriles is 1. The molecule has 0 amide bonds. The third-order valence-corrected chi connectivity index (χ3v) is 7.00. The van der Waals surface area contributed by atoms with Gasteiger partial charge in [-0.3, -0.25) is 9.80 Å². The maximum absolute atomic E-state index is 13.9. The quantitative estimate of drug-likeness (QED) is 0.544. The first-order valence-electron chi connectivity index (χ1n) is 11.6. The van der Waals surface area contributed by atoms with Gasteiger partial charge in [-0.25, -0.2) is 9.37 Å². The predicted molar refractivity (Wildman–Crippen MR) is 130 cm³/mol. The molecule has 2 fully saturated rings. The highest BCUT2D eigenvalue weighted by atomic mass is 35.5. The van der Waals surface area contributed by atoms with Gasteiger partial charge >= 0.3 is 0 Å². The van der Waals surface area contributed by atoms with E-state index in [-0.39, 0.29) is 30.1 Å². The average Bonchev–Trinajstić information content (AvgIpc) is 3.39. The summed E-state index contributed by atoms with van der Waals surface area (Å²) in [6.45, 7) is 7.90. The SMILES string of the molecule is Cc1cc(-n2cnnn2)ncc1C(O)CN1CCN2C[C@@H](c3ccc(F)c(C#N)c3C)OC[C@@H]2C1.Cl. The smallest absolute Gasteiger partial charge is 0.157 e. The molecule has 2 aliphatic rings. The second-order valence-electron chi connectivity index (χ2n) is 9.15. The number of β-amino-alcohol motifs (C(OH)–C–C–N with tert-alkyl or cyclic N) is 1. The first kappa shape index (κ1) is 26.1. The van der Waals surface area contributed by atoms with Gasteiger partial charge in [-0.1, -0.05) is 6.07 Å². The summed E-state index contributed by atoms with van der Waals surface area (Å²) < 4.78 is 21.6. The van der Waals surface area contributed by atoms with Crippen molar-refractivity contribution < 1.29 is 14.2 Å². The number of piperazine rings is 1. The highest BCUT2D eigenvalue weighted by Gasteiger charge is 2.35. The lowest BCUT2D eigenvalue weighted by Gasteiger charge is -2.46. The van der Waals surface area contributed by atoms with E-state index >= 15 is 0 Å². The molecule has 0 radical (unpaired) electrons. The van der Waals surface area contributed by atoms with Crippen LogP contribution in [0.2, 0.25) is 0 Å². The lowest BCUT2D eigenvalue weighted by Crippen LogP contribution is -2.58. The first-order chi connectivity index (χ1) is 16.9. The number of hydrogen-bond donors (Lipinski definition) is 1. The van der Waals surface area contributed by atoms with Gasteiger partial charge in [0.1, 0.15) is 18.2 Å². The number of rotatable bonds is 5. The number of fused-ring (bicyclic) bond motifs is 1. The van der Waals surface area contributed by atoms with E-state index in [1.54, 1.807) is 19.2 Å². The molecular formula is C24H28ClFN8O2. The minimum Gasteiger partial charge on any atom is -0.387 e. The Morgan fingerprint density at radius 1 is 1.28 bits per heavy atom. The van der Waals surface area contributed by atoms with Crippen LogP contribution in [0.5, 0.6) is 0 Å². The monoisotopic (exact) mass is 514 g/mol. The molecule has 1 unspecified atom stereocenters. The Hall–Kier alpha value is -3.01. The summed E-state index contributed by atoms with van der Waals surface area (Å²) in [6.07, 6.45) is 2.31. The number of pyridine rings is 1. The molecule has 2 aromatic heterocycles. The van der Waals surface area contributed by atoms with Crippen LogP contribution in [0.3, 0.4) is 0 Å². The zero-order valence-electron chi connectivity index (χ0n) is 20.1. The summed E-state index contributed by atoms with van der Waals surface area (Å²) in [7, 11) is 0. The van der Waals surface area contributed by atoms with E-state index in [9.17, 15) is 14.8 Å². The van der Waals surface area contributed by atoms with Crippen molar-refractivity contribution >= 4 is 12.4 Å². The van der Waals surface area contributed by atoms with E-state index < -0.39 is 11.9 Å². The molecule has 12 heteroatoms. The molecule has 10 nitrogen and oxygen atoms in total. The summed E-state index contributed by atoms with van der Waals surface area (Å²) in [5.74, 6) is 0.106. The number of benzene rings is 1. The van der Waals surface area contributed by atoms with Crippen molar-refractivity contribution in [3.63, 3.8) is 0 Å². The van der Waals surface area contributed by atoms with Gasteiger partial charge in [0, 0.05) is 50.5 Å². The van der Waals surface area contributed by atoms with Crippen LogP contribution in [0, 0.1) is 31.0 Å². The van der Waals surface area contributed by atoms with Gasteiger partial charge in [0.05, 0.1) is 24.4 Å². The van der Waals surface area contributed by atoms with Gasteiger partial charge < -0.3 is 9.84 Å². The van der Waals surface area contributed by atoms with Crippen molar-refractivity contribution in [3.8, 4) is 11.9 Å². The molecule has 1 aromatic carbocycles. The van der Waals surface area contributed by atoms with Crippen LogP contribution in [0.25, 0.3) is 5.82 Å². The lowest BCUT2D eigenvalue weighted by molar-refractivity contribution is -0.0939. The summed E-state index contributed by atoms with van der Waals surface area (Å²) in [6, 6.07) is 7.11. The molecule has 3 atom stereocenters. The van der Waals surface area contributed by atoms with Crippen molar-refractivity contribution in [2.75, 3.05) is 39.3 Å². The molecule has 2 saturated heterocycles. The van der Waals surface area contributed by atoms with Crippen LogP contribution in [0.1, 0.15) is 40.0 Å². The zero-order chi connectivity index (χ0) is 24.5. The number of halogens is 2. The summed E-state index contributed by atoms with van der Waals surface area (Å²) in [4.78, 5) is 9.03. The Balaban J connectivity index is 0.00000304. The third-order valence-electron chi connectivity index (χ3n) is 7.00. The Morgan fingerprint density at radius 2 is 2.11 bits per heavy atom. The zero-order valence-corrected chi connectivity index (χ0v) is 20.9.